The van der Waals surface area contributed by atoms with Gasteiger partial charge in [-0.3, -0.25) is 10.1 Å². The Kier molecular flexibility index (Phi) is 5.31. The quantitative estimate of drug-likeness (QED) is 0.393. The van der Waals surface area contributed by atoms with Gasteiger partial charge in [-0.15, -0.1) is 0 Å². The number of nitrogens with one attached hydrogen (secondary N) is 1. The van der Waals surface area contributed by atoms with Crippen LogP contribution in [0.5, 0.6) is 5.75 Å². The first-order valence-electron chi connectivity index (χ1n) is 6.91. The van der Waals surface area contributed by atoms with Crippen LogP contribution in [-0.2, 0) is 6.54 Å². The molecule has 0 fully saturated rings. The molecule has 0 aliphatic carbocycles. The first-order chi connectivity index (χ1) is 10.9. The minimum Gasteiger partial charge on any atom is -0.422 e. The van der Waals surface area contributed by atoms with Crippen molar-refractivity contribution < 1.29 is 19.4 Å². The molecule has 0 saturated heterocycles. The van der Waals surface area contributed by atoms with Crippen LogP contribution in [-0.4, -0.2) is 25.0 Å². The van der Waals surface area contributed by atoms with Crippen molar-refractivity contribution in [1.82, 2.24) is 0 Å². The molecule has 6 nitrogen and oxygen atoms in total. The van der Waals surface area contributed by atoms with Crippen LogP contribution < -0.4 is 9.64 Å². The van der Waals surface area contributed by atoms with Crippen molar-refractivity contribution in [2.45, 2.75) is 6.54 Å². The standard InChI is InChI=1S/C16H15ClN2O4/c1-18(2)10-13-14(19(21)22)4-3-5-15(13)23-16(20)11-6-8-12(17)9-7-11/h3-9H,10H2,1-2H3/p+1. The molecule has 0 aliphatic heterocycles. The maximum atomic E-state index is 12.2. The third-order valence-electron chi connectivity index (χ3n) is 3.12. The van der Waals surface area contributed by atoms with E-state index in [-0.39, 0.29) is 11.4 Å². The predicted octanol–water partition coefficient (Wildman–Crippen LogP) is 2.11. The zero-order chi connectivity index (χ0) is 17.0. The average Bonchev–Trinajstić information content (AvgIpc) is 2.48. The molecular formula is C16H16ClN2O4+. The van der Waals surface area contributed by atoms with E-state index >= 15 is 0 Å². The molecule has 0 atom stereocenters. The number of hydrogen-bond donors (Lipinski definition) is 1. The van der Waals surface area contributed by atoms with E-state index in [0.29, 0.717) is 22.7 Å². The Balaban J connectivity index is 2.34. The summed E-state index contributed by atoms with van der Waals surface area (Å²) in [5.41, 5.74) is 0.650. The van der Waals surface area contributed by atoms with E-state index in [4.69, 9.17) is 16.3 Å². The van der Waals surface area contributed by atoms with Crippen molar-refractivity contribution in [2.24, 2.45) is 0 Å². The molecule has 0 saturated carbocycles. The number of rotatable bonds is 5. The minimum absolute atomic E-state index is 0.0624. The van der Waals surface area contributed by atoms with Gasteiger partial charge in [-0.1, -0.05) is 17.7 Å². The summed E-state index contributed by atoms with van der Waals surface area (Å²) in [5, 5.41) is 11.7. The van der Waals surface area contributed by atoms with Crippen LogP contribution in [0, 0.1) is 10.1 Å². The largest absolute Gasteiger partial charge is 0.422 e. The second-order valence-corrected chi connectivity index (χ2v) is 5.73. The molecule has 0 unspecified atom stereocenters. The maximum absolute atomic E-state index is 12.2. The van der Waals surface area contributed by atoms with E-state index in [2.05, 4.69) is 0 Å². The molecule has 2 aromatic rings. The highest BCUT2D eigenvalue weighted by Gasteiger charge is 2.22. The Morgan fingerprint density at radius 1 is 1.22 bits per heavy atom. The number of nitro groups is 1. The van der Waals surface area contributed by atoms with Crippen LogP contribution in [0.25, 0.3) is 0 Å². The molecule has 120 valence electrons. The van der Waals surface area contributed by atoms with Gasteiger partial charge in [-0.05, 0) is 30.3 Å². The molecule has 2 aromatic carbocycles. The van der Waals surface area contributed by atoms with Gasteiger partial charge in [0.15, 0.2) is 0 Å². The first-order valence-corrected chi connectivity index (χ1v) is 7.29. The molecular weight excluding hydrogens is 320 g/mol. The summed E-state index contributed by atoms with van der Waals surface area (Å²) < 4.78 is 5.36. The summed E-state index contributed by atoms with van der Waals surface area (Å²) in [4.78, 5) is 23.9. The van der Waals surface area contributed by atoms with Crippen molar-refractivity contribution in [3.63, 3.8) is 0 Å². The summed E-state index contributed by atoms with van der Waals surface area (Å²) in [6, 6.07) is 10.7. The van der Waals surface area contributed by atoms with Gasteiger partial charge in [0.05, 0.1) is 24.6 Å². The minimum atomic E-state index is -0.586. The number of benzene rings is 2. The number of hydrogen-bond acceptors (Lipinski definition) is 4. The fourth-order valence-corrected chi connectivity index (χ4v) is 2.22. The normalized spacial score (nSPS) is 10.6. The Bertz CT molecular complexity index is 729. The molecule has 0 radical (unpaired) electrons. The van der Waals surface area contributed by atoms with Crippen LogP contribution in [0.3, 0.4) is 0 Å². The molecule has 0 aliphatic rings. The number of carbonyl (C=O) groups is 1. The van der Waals surface area contributed by atoms with E-state index in [1.807, 2.05) is 14.1 Å². The Morgan fingerprint density at radius 3 is 2.43 bits per heavy atom. The number of nitro benzene ring substituents is 1. The Labute approximate surface area is 138 Å². The summed E-state index contributed by atoms with van der Waals surface area (Å²) in [7, 11) is 3.73. The smallest absolute Gasteiger partial charge is 0.343 e. The van der Waals surface area contributed by atoms with E-state index < -0.39 is 10.9 Å². The van der Waals surface area contributed by atoms with Gasteiger partial charge in [-0.2, -0.15) is 0 Å². The van der Waals surface area contributed by atoms with Gasteiger partial charge >= 0.3 is 5.97 Å². The predicted molar refractivity (Wildman–Crippen MR) is 86.0 cm³/mol. The van der Waals surface area contributed by atoms with Crippen LogP contribution in [0.4, 0.5) is 5.69 Å². The number of nitrogens with zero attached hydrogens (tertiary/aromatic N) is 1. The number of carbonyl (C=O) groups excluding carboxylic acids is 1. The molecule has 0 spiro atoms. The molecule has 0 bridgehead atoms. The van der Waals surface area contributed by atoms with Gasteiger partial charge in [0.1, 0.15) is 17.9 Å². The highest BCUT2D eigenvalue weighted by atomic mass is 35.5. The molecule has 23 heavy (non-hydrogen) atoms. The van der Waals surface area contributed by atoms with Gasteiger partial charge in [-0.25, -0.2) is 4.79 Å². The highest BCUT2D eigenvalue weighted by molar-refractivity contribution is 6.30. The summed E-state index contributed by atoms with van der Waals surface area (Å²) in [6.45, 7) is 0.361. The van der Waals surface area contributed by atoms with E-state index in [9.17, 15) is 14.9 Å². The molecule has 0 heterocycles. The van der Waals surface area contributed by atoms with Crippen molar-refractivity contribution in [2.75, 3.05) is 14.1 Å². The first kappa shape index (κ1) is 16.9. The Morgan fingerprint density at radius 2 is 1.87 bits per heavy atom. The van der Waals surface area contributed by atoms with Gasteiger partial charge in [0.25, 0.3) is 5.69 Å². The molecule has 1 N–H and O–H groups in total. The zero-order valence-corrected chi connectivity index (χ0v) is 13.5. The molecule has 7 heteroatoms. The second kappa shape index (κ2) is 7.21. The lowest BCUT2D eigenvalue weighted by molar-refractivity contribution is -0.872. The van der Waals surface area contributed by atoms with E-state index in [0.717, 1.165) is 4.90 Å². The number of halogens is 1. The summed E-state index contributed by atoms with van der Waals surface area (Å²) in [5.74, 6) is -0.391. The van der Waals surface area contributed by atoms with Crippen LogP contribution in [0.2, 0.25) is 5.02 Å². The average molecular weight is 336 g/mol. The third kappa shape index (κ3) is 4.28. The third-order valence-corrected chi connectivity index (χ3v) is 3.37. The van der Waals surface area contributed by atoms with E-state index in [1.54, 1.807) is 30.3 Å². The second-order valence-electron chi connectivity index (χ2n) is 5.29. The molecule has 2 rings (SSSR count). The molecule has 0 aromatic heterocycles. The fourth-order valence-electron chi connectivity index (χ4n) is 2.10. The lowest BCUT2D eigenvalue weighted by Gasteiger charge is -2.12. The fraction of sp³-hybridized carbons (Fsp3) is 0.188. The molecule has 0 amide bonds. The highest BCUT2D eigenvalue weighted by Crippen LogP contribution is 2.28. The van der Waals surface area contributed by atoms with Gasteiger partial charge < -0.3 is 9.64 Å². The monoisotopic (exact) mass is 335 g/mol. The van der Waals surface area contributed by atoms with Gasteiger partial charge in [0.2, 0.25) is 0 Å². The number of quaternary nitrogens is 1. The van der Waals surface area contributed by atoms with Crippen molar-refractivity contribution in [3.8, 4) is 5.75 Å². The van der Waals surface area contributed by atoms with Crippen LogP contribution in [0.15, 0.2) is 42.5 Å². The number of esters is 1. The van der Waals surface area contributed by atoms with E-state index in [1.165, 1.54) is 12.1 Å². The topological polar surface area (TPSA) is 73.9 Å². The lowest BCUT2D eigenvalue weighted by atomic mass is 10.1. The number of ether oxygens (including phenoxy) is 1. The maximum Gasteiger partial charge on any atom is 0.343 e. The van der Waals surface area contributed by atoms with Gasteiger partial charge in [0, 0.05) is 11.1 Å². The van der Waals surface area contributed by atoms with Crippen molar-refractivity contribution in [1.29, 1.82) is 0 Å². The Hall–Kier alpha value is -2.44. The van der Waals surface area contributed by atoms with Crippen molar-refractivity contribution >= 4 is 23.3 Å². The van der Waals surface area contributed by atoms with Crippen molar-refractivity contribution in [3.05, 3.63) is 68.7 Å². The van der Waals surface area contributed by atoms with Crippen LogP contribution in [0.1, 0.15) is 15.9 Å². The zero-order valence-electron chi connectivity index (χ0n) is 12.7. The lowest BCUT2D eigenvalue weighted by Crippen LogP contribution is -3.04. The summed E-state index contributed by atoms with van der Waals surface area (Å²) in [6.07, 6.45) is 0. The summed E-state index contributed by atoms with van der Waals surface area (Å²) >= 11 is 5.78. The SMILES string of the molecule is C[NH+](C)Cc1c(OC(=O)c2ccc(Cl)cc2)cccc1[N+](=O)[O-]. The van der Waals surface area contributed by atoms with Crippen LogP contribution >= 0.6 is 11.6 Å².